The van der Waals surface area contributed by atoms with Crippen molar-refractivity contribution in [2.45, 2.75) is 36.4 Å². The number of nitrogens with one attached hydrogen (secondary N) is 2. The van der Waals surface area contributed by atoms with Gasteiger partial charge in [0, 0.05) is 18.3 Å². The van der Waals surface area contributed by atoms with Crippen LogP contribution in [0.5, 0.6) is 5.75 Å². The standard InChI is InChI=1S/C16H19FN4O3S.C2HF3O2/c1-24-15-10-11(5-6-12(15)17)25(22,23)21-16-19-9-7-14(20-16)13-4-2-3-8-18-13;3-2(4,5)1(6)7/h5-7,9-10,13,18H,2-4,8H2,1H3,(H,19,20,21);(H,6,7). The van der Waals surface area contributed by atoms with Crippen molar-refractivity contribution in [2.75, 3.05) is 18.4 Å². The van der Waals surface area contributed by atoms with Gasteiger partial charge >= 0.3 is 12.1 Å². The van der Waals surface area contributed by atoms with Crippen molar-refractivity contribution in [3.8, 4) is 5.75 Å². The van der Waals surface area contributed by atoms with Crippen LogP contribution >= 0.6 is 0 Å². The molecule has 1 aromatic heterocycles. The molecule has 1 aromatic carbocycles. The molecule has 2 aromatic rings. The largest absolute Gasteiger partial charge is 0.494 e. The summed E-state index contributed by atoms with van der Waals surface area (Å²) in [7, 11) is -2.68. The molecule has 9 nitrogen and oxygen atoms in total. The molecule has 32 heavy (non-hydrogen) atoms. The Balaban J connectivity index is 0.000000451. The highest BCUT2D eigenvalue weighted by atomic mass is 32.2. The molecule has 176 valence electrons. The van der Waals surface area contributed by atoms with Gasteiger partial charge in [0.05, 0.1) is 17.7 Å². The molecule has 0 amide bonds. The van der Waals surface area contributed by atoms with Gasteiger partial charge in [-0.1, -0.05) is 6.42 Å². The zero-order valence-electron chi connectivity index (χ0n) is 16.7. The Morgan fingerprint density at radius 1 is 1.28 bits per heavy atom. The lowest BCUT2D eigenvalue weighted by Gasteiger charge is -2.23. The molecule has 0 radical (unpaired) electrons. The summed E-state index contributed by atoms with van der Waals surface area (Å²) in [5, 5.41) is 10.5. The fourth-order valence-corrected chi connectivity index (χ4v) is 3.67. The van der Waals surface area contributed by atoms with Crippen LogP contribution in [0.3, 0.4) is 0 Å². The maximum absolute atomic E-state index is 13.5. The van der Waals surface area contributed by atoms with Crippen LogP contribution in [0.25, 0.3) is 0 Å². The van der Waals surface area contributed by atoms with E-state index in [9.17, 15) is 26.0 Å². The predicted octanol–water partition coefficient (Wildman–Crippen LogP) is 2.87. The molecular weight excluding hydrogens is 460 g/mol. The molecule has 1 unspecified atom stereocenters. The third kappa shape index (κ3) is 7.02. The topological polar surface area (TPSA) is 131 Å². The van der Waals surface area contributed by atoms with E-state index in [0.29, 0.717) is 0 Å². The summed E-state index contributed by atoms with van der Waals surface area (Å²) in [6.45, 7) is 0.908. The van der Waals surface area contributed by atoms with Crippen molar-refractivity contribution in [2.24, 2.45) is 0 Å². The number of sulfonamides is 1. The number of carbonyl (C=O) groups is 1. The fraction of sp³-hybridized carbons (Fsp3) is 0.389. The minimum Gasteiger partial charge on any atom is -0.494 e. The van der Waals surface area contributed by atoms with Crippen LogP contribution in [0.2, 0.25) is 0 Å². The van der Waals surface area contributed by atoms with E-state index >= 15 is 0 Å². The van der Waals surface area contributed by atoms with Crippen molar-refractivity contribution in [1.29, 1.82) is 0 Å². The number of hydrogen-bond acceptors (Lipinski definition) is 7. The summed E-state index contributed by atoms with van der Waals surface area (Å²) in [5.74, 6) is -3.56. The van der Waals surface area contributed by atoms with E-state index in [1.807, 2.05) is 0 Å². The minimum atomic E-state index is -5.08. The van der Waals surface area contributed by atoms with Crippen molar-refractivity contribution in [1.82, 2.24) is 15.3 Å². The van der Waals surface area contributed by atoms with Crippen LogP contribution in [0, 0.1) is 5.82 Å². The van der Waals surface area contributed by atoms with Crippen molar-refractivity contribution >= 4 is 21.9 Å². The molecule has 1 aliphatic heterocycles. The first-order valence-corrected chi connectivity index (χ1v) is 10.6. The first-order chi connectivity index (χ1) is 14.9. The number of halogens is 4. The van der Waals surface area contributed by atoms with Gasteiger partial charge in [-0.3, -0.25) is 0 Å². The third-order valence-electron chi connectivity index (χ3n) is 4.25. The van der Waals surface area contributed by atoms with Crippen LogP contribution < -0.4 is 14.8 Å². The average Bonchev–Trinajstić information content (AvgIpc) is 2.74. The summed E-state index contributed by atoms with van der Waals surface area (Å²) >= 11 is 0. The normalized spacial score (nSPS) is 16.5. The SMILES string of the molecule is COc1cc(S(=O)(=O)Nc2nccc(C3CCCCN3)n2)ccc1F.O=C(O)C(F)(F)F. The van der Waals surface area contributed by atoms with Crippen LogP contribution in [0.4, 0.5) is 23.5 Å². The summed E-state index contributed by atoms with van der Waals surface area (Å²) < 4.78 is 77.3. The van der Waals surface area contributed by atoms with E-state index in [1.54, 1.807) is 6.07 Å². The number of carboxylic acid groups (broad SMARTS) is 1. The molecule has 0 saturated carbocycles. The van der Waals surface area contributed by atoms with E-state index in [4.69, 9.17) is 14.6 Å². The minimum absolute atomic E-state index is 0.0202. The van der Waals surface area contributed by atoms with Crippen molar-refractivity contribution < 1.29 is 40.6 Å². The van der Waals surface area contributed by atoms with E-state index in [0.717, 1.165) is 49.7 Å². The van der Waals surface area contributed by atoms with Gasteiger partial charge in [0.15, 0.2) is 11.6 Å². The first-order valence-electron chi connectivity index (χ1n) is 9.17. The Kier molecular flexibility index (Phi) is 8.32. The number of nitrogens with zero attached hydrogens (tertiary/aromatic N) is 2. The first kappa shape index (κ1) is 25.3. The van der Waals surface area contributed by atoms with Gasteiger partial charge in [0.25, 0.3) is 10.0 Å². The van der Waals surface area contributed by atoms with Crippen LogP contribution in [-0.2, 0) is 14.8 Å². The van der Waals surface area contributed by atoms with E-state index in [-0.39, 0.29) is 22.6 Å². The lowest BCUT2D eigenvalue weighted by molar-refractivity contribution is -0.192. The number of alkyl halides is 3. The molecule has 1 atom stereocenters. The summed E-state index contributed by atoms with van der Waals surface area (Å²) in [6.07, 6.45) is -0.411. The zero-order valence-corrected chi connectivity index (χ0v) is 17.5. The Morgan fingerprint density at radius 3 is 2.53 bits per heavy atom. The number of anilines is 1. The summed E-state index contributed by atoms with van der Waals surface area (Å²) in [6, 6.07) is 5.17. The molecule has 0 spiro atoms. The highest BCUT2D eigenvalue weighted by Crippen LogP contribution is 2.24. The second-order valence-corrected chi connectivity index (χ2v) is 8.19. The quantitative estimate of drug-likeness (QED) is 0.557. The number of benzene rings is 1. The van der Waals surface area contributed by atoms with Gasteiger partial charge < -0.3 is 15.2 Å². The molecule has 14 heteroatoms. The van der Waals surface area contributed by atoms with Gasteiger partial charge in [-0.05, 0) is 37.6 Å². The Hall–Kier alpha value is -3.00. The second-order valence-electron chi connectivity index (χ2n) is 6.51. The Bertz CT molecular complexity index is 1040. The zero-order chi connectivity index (χ0) is 23.9. The molecule has 0 bridgehead atoms. The number of carboxylic acids is 1. The summed E-state index contributed by atoms with van der Waals surface area (Å²) in [4.78, 5) is 17.0. The van der Waals surface area contributed by atoms with Crippen LogP contribution in [-0.4, -0.2) is 49.3 Å². The van der Waals surface area contributed by atoms with E-state index < -0.39 is 28.0 Å². The second kappa shape index (κ2) is 10.5. The number of rotatable bonds is 5. The average molecular weight is 480 g/mol. The van der Waals surface area contributed by atoms with Gasteiger partial charge in [-0.25, -0.2) is 32.3 Å². The monoisotopic (exact) mass is 480 g/mol. The maximum Gasteiger partial charge on any atom is 0.490 e. The maximum atomic E-state index is 13.5. The van der Waals surface area contributed by atoms with Crippen molar-refractivity contribution in [3.05, 3.63) is 42.0 Å². The van der Waals surface area contributed by atoms with Gasteiger partial charge in [0.2, 0.25) is 5.95 Å². The third-order valence-corrected chi connectivity index (χ3v) is 5.57. The number of methoxy groups -OCH3 is 1. The molecule has 3 N–H and O–H groups in total. The van der Waals surface area contributed by atoms with Gasteiger partial charge in [-0.15, -0.1) is 0 Å². The number of ether oxygens (including phenoxy) is 1. The number of piperidine rings is 1. The van der Waals surface area contributed by atoms with Gasteiger partial charge in [-0.2, -0.15) is 13.2 Å². The molecule has 3 rings (SSSR count). The Morgan fingerprint density at radius 2 is 1.97 bits per heavy atom. The highest BCUT2D eigenvalue weighted by Gasteiger charge is 2.38. The lowest BCUT2D eigenvalue weighted by atomic mass is 10.0. The molecule has 0 aliphatic carbocycles. The molecule has 1 fully saturated rings. The highest BCUT2D eigenvalue weighted by molar-refractivity contribution is 7.92. The molecular formula is C18H20F4N4O5S. The number of aromatic nitrogens is 2. The molecule has 1 aliphatic rings. The molecule has 1 saturated heterocycles. The fourth-order valence-electron chi connectivity index (χ4n) is 2.71. The predicted molar refractivity (Wildman–Crippen MR) is 104 cm³/mol. The van der Waals surface area contributed by atoms with Crippen LogP contribution in [0.15, 0.2) is 35.4 Å². The number of hydrogen-bond donors (Lipinski definition) is 3. The summed E-state index contributed by atoms with van der Waals surface area (Å²) in [5.41, 5.74) is 0.740. The number of aliphatic carboxylic acids is 1. The van der Waals surface area contributed by atoms with Crippen molar-refractivity contribution in [3.63, 3.8) is 0 Å². The smallest absolute Gasteiger partial charge is 0.490 e. The lowest BCUT2D eigenvalue weighted by Crippen LogP contribution is -2.28. The van der Waals surface area contributed by atoms with E-state index in [1.165, 1.54) is 13.3 Å². The van der Waals surface area contributed by atoms with E-state index in [2.05, 4.69) is 20.0 Å². The Labute approximate surface area is 180 Å². The van der Waals surface area contributed by atoms with Crippen LogP contribution in [0.1, 0.15) is 31.0 Å². The van der Waals surface area contributed by atoms with Gasteiger partial charge in [0.1, 0.15) is 0 Å². The molecule has 2 heterocycles.